The van der Waals surface area contributed by atoms with Crippen molar-refractivity contribution < 1.29 is 14.3 Å². The molecule has 2 amide bonds. The molecule has 1 unspecified atom stereocenters. The van der Waals surface area contributed by atoms with E-state index in [0.717, 1.165) is 18.5 Å². The molecule has 1 aromatic rings. The Kier molecular flexibility index (Phi) is 6.64. The van der Waals surface area contributed by atoms with Gasteiger partial charge in [0.2, 0.25) is 5.91 Å². The molecule has 2 heterocycles. The predicted octanol–water partition coefficient (Wildman–Crippen LogP) is 0.524. The average molecular weight is 373 g/mol. The molecule has 2 aliphatic heterocycles. The summed E-state index contributed by atoms with van der Waals surface area (Å²) >= 11 is 0. The summed E-state index contributed by atoms with van der Waals surface area (Å²) in [4.78, 5) is 32.7. The molecule has 0 spiro atoms. The van der Waals surface area contributed by atoms with Crippen molar-refractivity contribution in [2.45, 2.75) is 18.9 Å². The maximum atomic E-state index is 12.4. The van der Waals surface area contributed by atoms with Crippen molar-refractivity contribution in [3.63, 3.8) is 0 Å². The molecular weight excluding hydrogens is 346 g/mol. The monoisotopic (exact) mass is 373 g/mol. The predicted molar refractivity (Wildman–Crippen MR) is 104 cm³/mol. The van der Waals surface area contributed by atoms with Crippen LogP contribution in [-0.4, -0.2) is 80.1 Å². The number of piperazine rings is 1. The second-order valence-corrected chi connectivity index (χ2v) is 6.63. The van der Waals surface area contributed by atoms with E-state index in [1.165, 1.54) is 0 Å². The van der Waals surface area contributed by atoms with Gasteiger partial charge in [-0.3, -0.25) is 14.6 Å². The van der Waals surface area contributed by atoms with E-state index in [1.54, 1.807) is 7.05 Å². The highest BCUT2D eigenvalue weighted by atomic mass is 16.5. The number of hydrogen-bond donors (Lipinski definition) is 2. The van der Waals surface area contributed by atoms with Gasteiger partial charge in [0.1, 0.15) is 6.10 Å². The van der Waals surface area contributed by atoms with Gasteiger partial charge in [0.05, 0.1) is 6.54 Å². The van der Waals surface area contributed by atoms with Crippen LogP contribution in [0, 0.1) is 0 Å². The van der Waals surface area contributed by atoms with Gasteiger partial charge in [-0.25, -0.2) is 0 Å². The van der Waals surface area contributed by atoms with Crippen LogP contribution in [-0.2, 0) is 14.3 Å². The molecule has 146 valence electrons. The fourth-order valence-corrected chi connectivity index (χ4v) is 3.33. The summed E-state index contributed by atoms with van der Waals surface area (Å²) in [6.07, 6.45) is 1.51. The minimum absolute atomic E-state index is 0.0948. The quantitative estimate of drug-likeness (QED) is 0.594. The van der Waals surface area contributed by atoms with Crippen molar-refractivity contribution in [3.8, 4) is 0 Å². The van der Waals surface area contributed by atoms with Crippen LogP contribution >= 0.6 is 0 Å². The van der Waals surface area contributed by atoms with Crippen LogP contribution in [0.1, 0.15) is 12.8 Å². The third-order valence-electron chi connectivity index (χ3n) is 4.77. The maximum Gasteiger partial charge on any atom is 0.251 e. The van der Waals surface area contributed by atoms with Crippen LogP contribution in [0.5, 0.6) is 0 Å². The summed E-state index contributed by atoms with van der Waals surface area (Å²) in [5.74, 6) is 0.634. The standard InChI is InChI=1S/C19H27N5O3/c1-20-19(21-14-17(25)22-15-6-3-2-4-7-15)24-11-9-23(10-12-24)18(26)16-8-5-13-27-16/h2-4,6-7,16H,5,8-14H2,1H3,(H,20,21)(H,22,25). The van der Waals surface area contributed by atoms with Crippen LogP contribution in [0.15, 0.2) is 35.3 Å². The number of benzene rings is 1. The lowest BCUT2D eigenvalue weighted by Gasteiger charge is -2.37. The number of hydrogen-bond acceptors (Lipinski definition) is 4. The zero-order chi connectivity index (χ0) is 19.1. The van der Waals surface area contributed by atoms with Crippen molar-refractivity contribution in [3.05, 3.63) is 30.3 Å². The normalized spacial score (nSPS) is 20.5. The third kappa shape index (κ3) is 5.19. The summed E-state index contributed by atoms with van der Waals surface area (Å²) in [5.41, 5.74) is 0.764. The van der Waals surface area contributed by atoms with Gasteiger partial charge in [0.25, 0.3) is 5.91 Å². The van der Waals surface area contributed by atoms with Gasteiger partial charge in [-0.2, -0.15) is 0 Å². The number of para-hydroxylation sites is 1. The average Bonchev–Trinajstić information content (AvgIpc) is 3.24. The molecule has 2 fully saturated rings. The lowest BCUT2D eigenvalue weighted by Crippen LogP contribution is -2.55. The number of carbonyl (C=O) groups is 2. The van der Waals surface area contributed by atoms with Crippen molar-refractivity contribution in [1.82, 2.24) is 15.1 Å². The third-order valence-corrected chi connectivity index (χ3v) is 4.77. The number of rotatable bonds is 4. The number of nitrogens with zero attached hydrogens (tertiary/aromatic N) is 3. The van der Waals surface area contributed by atoms with Gasteiger partial charge in [-0.05, 0) is 25.0 Å². The molecule has 2 N–H and O–H groups in total. The van der Waals surface area contributed by atoms with Gasteiger partial charge in [0.15, 0.2) is 5.96 Å². The number of anilines is 1. The highest BCUT2D eigenvalue weighted by Gasteiger charge is 2.30. The van der Waals surface area contributed by atoms with Crippen molar-refractivity contribution in [1.29, 1.82) is 0 Å². The number of ether oxygens (including phenoxy) is 1. The second-order valence-electron chi connectivity index (χ2n) is 6.63. The largest absolute Gasteiger partial charge is 0.368 e. The summed E-state index contributed by atoms with van der Waals surface area (Å²) in [5, 5.41) is 5.93. The molecule has 3 rings (SSSR count). The molecule has 27 heavy (non-hydrogen) atoms. The number of guanidine groups is 1. The number of carbonyl (C=O) groups excluding carboxylic acids is 2. The van der Waals surface area contributed by atoms with Crippen LogP contribution in [0.2, 0.25) is 0 Å². The molecule has 8 nitrogen and oxygen atoms in total. The molecule has 2 aliphatic rings. The Balaban J connectivity index is 1.43. The topological polar surface area (TPSA) is 86.3 Å². The van der Waals surface area contributed by atoms with Crippen LogP contribution in [0.25, 0.3) is 0 Å². The summed E-state index contributed by atoms with van der Waals surface area (Å²) in [7, 11) is 1.70. The van der Waals surface area contributed by atoms with E-state index >= 15 is 0 Å². The Bertz CT molecular complexity index is 665. The first-order chi connectivity index (χ1) is 13.2. The molecule has 0 bridgehead atoms. The number of amides is 2. The fraction of sp³-hybridized carbons (Fsp3) is 0.526. The molecule has 2 saturated heterocycles. The Morgan fingerprint density at radius 3 is 2.48 bits per heavy atom. The van der Waals surface area contributed by atoms with Gasteiger partial charge >= 0.3 is 0 Å². The zero-order valence-corrected chi connectivity index (χ0v) is 15.7. The maximum absolute atomic E-state index is 12.4. The molecule has 1 atom stereocenters. The second kappa shape index (κ2) is 9.36. The zero-order valence-electron chi connectivity index (χ0n) is 15.7. The van der Waals surface area contributed by atoms with Gasteiger partial charge < -0.3 is 25.2 Å². The first kappa shape index (κ1) is 19.2. The van der Waals surface area contributed by atoms with E-state index in [1.807, 2.05) is 35.2 Å². The molecule has 0 aromatic heterocycles. The summed E-state index contributed by atoms with van der Waals surface area (Å²) in [6.45, 7) is 3.44. The first-order valence-electron chi connectivity index (χ1n) is 9.38. The SMILES string of the molecule is CN=C(NCC(=O)Nc1ccccc1)N1CCN(C(=O)C2CCCO2)CC1. The summed E-state index contributed by atoms with van der Waals surface area (Å²) in [6, 6.07) is 9.34. The lowest BCUT2D eigenvalue weighted by atomic mass is 10.2. The van der Waals surface area contributed by atoms with E-state index in [-0.39, 0.29) is 24.5 Å². The highest BCUT2D eigenvalue weighted by molar-refractivity contribution is 5.95. The Labute approximate surface area is 159 Å². The number of aliphatic imine (C=N–C) groups is 1. The fourth-order valence-electron chi connectivity index (χ4n) is 3.33. The molecule has 8 heteroatoms. The van der Waals surface area contributed by atoms with Crippen molar-refractivity contribution in [2.75, 3.05) is 51.7 Å². The van der Waals surface area contributed by atoms with Crippen LogP contribution in [0.3, 0.4) is 0 Å². The Hall–Kier alpha value is -2.61. The molecule has 0 saturated carbocycles. The van der Waals surface area contributed by atoms with Gasteiger partial charge in [-0.1, -0.05) is 18.2 Å². The van der Waals surface area contributed by atoms with Gasteiger partial charge in [-0.15, -0.1) is 0 Å². The first-order valence-corrected chi connectivity index (χ1v) is 9.38. The lowest BCUT2D eigenvalue weighted by molar-refractivity contribution is -0.142. The minimum atomic E-state index is -0.268. The Morgan fingerprint density at radius 2 is 1.85 bits per heavy atom. The van der Waals surface area contributed by atoms with Gasteiger partial charge in [0, 0.05) is 45.5 Å². The molecule has 0 radical (unpaired) electrons. The van der Waals surface area contributed by atoms with Crippen molar-refractivity contribution in [2.24, 2.45) is 4.99 Å². The van der Waals surface area contributed by atoms with E-state index in [9.17, 15) is 9.59 Å². The molecular formula is C19H27N5O3. The van der Waals surface area contributed by atoms with E-state index in [0.29, 0.717) is 38.7 Å². The molecule has 1 aromatic carbocycles. The van der Waals surface area contributed by atoms with Crippen LogP contribution in [0.4, 0.5) is 5.69 Å². The van der Waals surface area contributed by atoms with E-state index in [4.69, 9.17) is 4.74 Å². The Morgan fingerprint density at radius 1 is 1.15 bits per heavy atom. The van der Waals surface area contributed by atoms with Crippen molar-refractivity contribution >= 4 is 23.5 Å². The number of nitrogens with one attached hydrogen (secondary N) is 2. The summed E-state index contributed by atoms with van der Waals surface area (Å²) < 4.78 is 5.49. The molecule has 0 aliphatic carbocycles. The minimum Gasteiger partial charge on any atom is -0.368 e. The van der Waals surface area contributed by atoms with E-state index in [2.05, 4.69) is 20.5 Å². The van der Waals surface area contributed by atoms with Crippen LogP contribution < -0.4 is 10.6 Å². The van der Waals surface area contributed by atoms with E-state index < -0.39 is 0 Å². The smallest absolute Gasteiger partial charge is 0.251 e. The highest BCUT2D eigenvalue weighted by Crippen LogP contribution is 2.16.